The van der Waals surface area contributed by atoms with E-state index in [1.54, 1.807) is 33.3 Å². The predicted octanol–water partition coefficient (Wildman–Crippen LogP) is 1.84. The zero-order chi connectivity index (χ0) is 23.8. The maximum absolute atomic E-state index is 13.3. The second kappa shape index (κ2) is 9.60. The standard InChI is InChI=1S/C27H28FN3O3S/c28-20-7-5-19(6-8-20)26(32)29-27-22(21-2-1-3-25(21)35-27)16-31-12-10-30(11-13-31)15-18-4-9-23-24(14-18)34-17-33-23/h4-9,14H,1-3,10-13,15-17H2,(H,29,32)/p+2. The minimum Gasteiger partial charge on any atom is -0.454 e. The molecule has 1 aromatic heterocycles. The van der Waals surface area contributed by atoms with Gasteiger partial charge in [-0.3, -0.25) is 4.79 Å². The van der Waals surface area contributed by atoms with E-state index in [0.717, 1.165) is 68.6 Å². The highest BCUT2D eigenvalue weighted by Crippen LogP contribution is 2.39. The molecule has 3 heterocycles. The van der Waals surface area contributed by atoms with Gasteiger partial charge in [-0.25, -0.2) is 4.39 Å². The number of halogens is 1. The lowest BCUT2D eigenvalue weighted by atomic mass is 10.1. The Morgan fingerprint density at radius 2 is 1.69 bits per heavy atom. The highest BCUT2D eigenvalue weighted by atomic mass is 32.1. The summed E-state index contributed by atoms with van der Waals surface area (Å²) in [6, 6.07) is 12.0. The third-order valence-corrected chi connectivity index (χ3v) is 8.60. The number of piperazine rings is 1. The molecular weight excluding hydrogens is 465 g/mol. The van der Waals surface area contributed by atoms with Crippen molar-refractivity contribution in [2.45, 2.75) is 32.4 Å². The monoisotopic (exact) mass is 495 g/mol. The van der Waals surface area contributed by atoms with Gasteiger partial charge < -0.3 is 24.6 Å². The maximum Gasteiger partial charge on any atom is 0.256 e. The first-order valence-electron chi connectivity index (χ1n) is 12.4. The van der Waals surface area contributed by atoms with E-state index < -0.39 is 0 Å². The number of benzene rings is 2. The molecule has 0 bridgehead atoms. The number of carbonyl (C=O) groups excluding carboxylic acids is 1. The quantitative estimate of drug-likeness (QED) is 0.489. The van der Waals surface area contributed by atoms with Crippen LogP contribution >= 0.6 is 11.3 Å². The number of ether oxygens (including phenoxy) is 2. The minimum absolute atomic E-state index is 0.167. The van der Waals surface area contributed by atoms with Crippen molar-refractivity contribution in [2.24, 2.45) is 0 Å². The first kappa shape index (κ1) is 22.5. The molecule has 8 heteroatoms. The van der Waals surface area contributed by atoms with Crippen LogP contribution in [0.5, 0.6) is 11.5 Å². The van der Waals surface area contributed by atoms with Crippen molar-refractivity contribution in [3.8, 4) is 11.5 Å². The minimum atomic E-state index is -0.333. The first-order chi connectivity index (χ1) is 17.1. The first-order valence-corrected chi connectivity index (χ1v) is 13.2. The van der Waals surface area contributed by atoms with Crippen molar-refractivity contribution >= 4 is 22.2 Å². The summed E-state index contributed by atoms with van der Waals surface area (Å²) >= 11 is 1.73. The van der Waals surface area contributed by atoms with Gasteiger partial charge in [0.25, 0.3) is 5.91 Å². The Labute approximate surface area is 208 Å². The molecule has 35 heavy (non-hydrogen) atoms. The number of carbonyl (C=O) groups is 1. The molecule has 0 spiro atoms. The molecule has 182 valence electrons. The molecule has 0 unspecified atom stereocenters. The van der Waals surface area contributed by atoms with Gasteiger partial charge in [0.15, 0.2) is 11.5 Å². The summed E-state index contributed by atoms with van der Waals surface area (Å²) in [6.45, 7) is 6.71. The van der Waals surface area contributed by atoms with Crippen molar-refractivity contribution in [3.05, 3.63) is 75.4 Å². The van der Waals surface area contributed by atoms with Gasteiger partial charge in [-0.2, -0.15) is 0 Å². The van der Waals surface area contributed by atoms with E-state index in [4.69, 9.17) is 9.47 Å². The Morgan fingerprint density at radius 3 is 2.49 bits per heavy atom. The SMILES string of the molecule is O=C(Nc1sc2c(c1C[NH+]1CC[NH+](Cc3ccc4c(c3)OCO4)CC1)CCC2)c1ccc(F)cc1. The van der Waals surface area contributed by atoms with Crippen molar-refractivity contribution in [1.82, 2.24) is 0 Å². The lowest BCUT2D eigenvalue weighted by Gasteiger charge is -2.30. The number of aryl methyl sites for hydroxylation is 1. The Balaban J connectivity index is 1.10. The summed E-state index contributed by atoms with van der Waals surface area (Å²) in [7, 11) is 0. The van der Waals surface area contributed by atoms with Crippen LogP contribution in [-0.2, 0) is 25.9 Å². The summed E-state index contributed by atoms with van der Waals surface area (Å²) in [6.07, 6.45) is 3.40. The molecule has 1 aliphatic carbocycles. The number of thiophene rings is 1. The molecule has 1 amide bonds. The van der Waals surface area contributed by atoms with Crippen molar-refractivity contribution in [2.75, 3.05) is 38.3 Å². The molecule has 1 saturated heterocycles. The van der Waals surface area contributed by atoms with E-state index in [1.807, 2.05) is 6.07 Å². The van der Waals surface area contributed by atoms with E-state index in [1.165, 1.54) is 40.1 Å². The number of rotatable bonds is 6. The van der Waals surface area contributed by atoms with Gasteiger partial charge in [0, 0.05) is 21.6 Å². The Hall–Kier alpha value is -2.94. The molecular formula is C27H30FN3O3S+2. The number of fused-ring (bicyclic) bond motifs is 2. The summed E-state index contributed by atoms with van der Waals surface area (Å²) in [5.74, 6) is 1.19. The smallest absolute Gasteiger partial charge is 0.256 e. The number of anilines is 1. The van der Waals surface area contributed by atoms with Gasteiger partial charge in [0.1, 0.15) is 50.1 Å². The molecule has 0 radical (unpaired) electrons. The van der Waals surface area contributed by atoms with Crippen LogP contribution in [0.25, 0.3) is 0 Å². The molecule has 3 aliphatic rings. The maximum atomic E-state index is 13.3. The molecule has 0 saturated carbocycles. The molecule has 2 aromatic carbocycles. The van der Waals surface area contributed by atoms with Gasteiger partial charge >= 0.3 is 0 Å². The van der Waals surface area contributed by atoms with Crippen LogP contribution < -0.4 is 24.6 Å². The second-order valence-electron chi connectivity index (χ2n) is 9.67. The van der Waals surface area contributed by atoms with Crippen LogP contribution in [0.1, 0.15) is 38.3 Å². The second-order valence-corrected chi connectivity index (χ2v) is 10.8. The molecule has 6 nitrogen and oxygen atoms in total. The highest BCUT2D eigenvalue weighted by molar-refractivity contribution is 7.16. The van der Waals surface area contributed by atoms with E-state index in [2.05, 4.69) is 17.4 Å². The van der Waals surface area contributed by atoms with Crippen LogP contribution in [0, 0.1) is 5.82 Å². The normalized spacial score (nSPS) is 20.6. The predicted molar refractivity (Wildman–Crippen MR) is 132 cm³/mol. The van der Waals surface area contributed by atoms with Crippen LogP contribution in [0.4, 0.5) is 9.39 Å². The average molecular weight is 496 g/mol. The number of quaternary nitrogens is 2. The van der Waals surface area contributed by atoms with Crippen LogP contribution in [-0.4, -0.2) is 38.9 Å². The number of hydrogen-bond acceptors (Lipinski definition) is 4. The van der Waals surface area contributed by atoms with Crippen molar-refractivity contribution < 1.29 is 28.5 Å². The molecule has 3 N–H and O–H groups in total. The van der Waals surface area contributed by atoms with Gasteiger partial charge in [-0.1, -0.05) is 0 Å². The lowest BCUT2D eigenvalue weighted by molar-refractivity contribution is -1.02. The van der Waals surface area contributed by atoms with Crippen molar-refractivity contribution in [3.63, 3.8) is 0 Å². The zero-order valence-corrected chi connectivity index (χ0v) is 20.4. The summed E-state index contributed by atoms with van der Waals surface area (Å²) in [5, 5.41) is 4.12. The average Bonchev–Trinajstić information content (AvgIpc) is 3.58. The molecule has 3 aromatic rings. The largest absolute Gasteiger partial charge is 0.454 e. The molecule has 2 aliphatic heterocycles. The van der Waals surface area contributed by atoms with E-state index >= 15 is 0 Å². The lowest BCUT2D eigenvalue weighted by Crippen LogP contribution is -3.27. The van der Waals surface area contributed by atoms with Gasteiger partial charge in [-0.15, -0.1) is 11.3 Å². The summed E-state index contributed by atoms with van der Waals surface area (Å²) < 4.78 is 24.2. The number of amides is 1. The Kier molecular flexibility index (Phi) is 6.18. The fourth-order valence-corrected chi connectivity index (χ4v) is 6.74. The van der Waals surface area contributed by atoms with Gasteiger partial charge in [-0.05, 0) is 67.3 Å². The van der Waals surface area contributed by atoms with Gasteiger partial charge in [0.05, 0.1) is 0 Å². The zero-order valence-electron chi connectivity index (χ0n) is 19.6. The van der Waals surface area contributed by atoms with Crippen LogP contribution in [0.15, 0.2) is 42.5 Å². The fourth-order valence-electron chi connectivity index (χ4n) is 5.43. The fraction of sp³-hybridized carbons (Fsp3) is 0.370. The van der Waals surface area contributed by atoms with Gasteiger partial charge in [0.2, 0.25) is 6.79 Å². The van der Waals surface area contributed by atoms with Crippen LogP contribution in [0.2, 0.25) is 0 Å². The summed E-state index contributed by atoms with van der Waals surface area (Å²) in [4.78, 5) is 17.4. The topological polar surface area (TPSA) is 56.4 Å². The van der Waals surface area contributed by atoms with Crippen LogP contribution in [0.3, 0.4) is 0 Å². The third kappa shape index (κ3) is 4.78. The third-order valence-electron chi connectivity index (χ3n) is 7.35. The van der Waals surface area contributed by atoms with Crippen molar-refractivity contribution in [1.29, 1.82) is 0 Å². The highest BCUT2D eigenvalue weighted by Gasteiger charge is 2.29. The number of nitrogens with one attached hydrogen (secondary N) is 3. The Morgan fingerprint density at radius 1 is 0.943 bits per heavy atom. The molecule has 0 atom stereocenters. The summed E-state index contributed by atoms with van der Waals surface area (Å²) in [5.41, 5.74) is 4.53. The molecule has 6 rings (SSSR count). The van der Waals surface area contributed by atoms with E-state index in [-0.39, 0.29) is 11.7 Å². The Bertz CT molecular complexity index is 1240. The van der Waals surface area contributed by atoms with E-state index in [0.29, 0.717) is 12.4 Å². The molecule has 1 fully saturated rings. The number of hydrogen-bond donors (Lipinski definition) is 3. The van der Waals surface area contributed by atoms with E-state index in [9.17, 15) is 9.18 Å².